The number of nitriles is 1. The predicted molar refractivity (Wildman–Crippen MR) is 60.1 cm³/mol. The first-order chi connectivity index (χ1) is 7.65. The minimum Gasteiger partial charge on any atom is -0.392 e. The Labute approximate surface area is 92.7 Å². The molecule has 5 nitrogen and oxygen atoms in total. The maximum Gasteiger partial charge on any atom is 0.267 e. The number of amides is 1. The summed E-state index contributed by atoms with van der Waals surface area (Å²) in [6.07, 6.45) is 1.44. The second kappa shape index (κ2) is 5.32. The SMILES string of the molecule is N#C/C(N=Cc1ccccc1)=C(/N)C(N)=O. The van der Waals surface area contributed by atoms with Crippen LogP contribution < -0.4 is 11.5 Å². The molecule has 5 heteroatoms. The summed E-state index contributed by atoms with van der Waals surface area (Å²) in [7, 11) is 0. The molecule has 0 aliphatic heterocycles. The van der Waals surface area contributed by atoms with Crippen LogP contribution in [0, 0.1) is 11.3 Å². The number of aliphatic imine (C=N–C) groups is 1. The van der Waals surface area contributed by atoms with Gasteiger partial charge < -0.3 is 11.5 Å². The third-order valence-corrected chi connectivity index (χ3v) is 1.77. The molecule has 0 unspecified atom stereocenters. The topological polar surface area (TPSA) is 105 Å². The van der Waals surface area contributed by atoms with Crippen molar-refractivity contribution >= 4 is 12.1 Å². The van der Waals surface area contributed by atoms with Crippen molar-refractivity contribution in [1.82, 2.24) is 0 Å². The molecule has 0 heterocycles. The first-order valence-corrected chi connectivity index (χ1v) is 4.44. The van der Waals surface area contributed by atoms with Gasteiger partial charge in [-0.15, -0.1) is 0 Å². The molecule has 0 aliphatic carbocycles. The Morgan fingerprint density at radius 2 is 1.94 bits per heavy atom. The van der Waals surface area contributed by atoms with Gasteiger partial charge >= 0.3 is 0 Å². The lowest BCUT2D eigenvalue weighted by Crippen LogP contribution is -2.21. The van der Waals surface area contributed by atoms with Crippen LogP contribution >= 0.6 is 0 Å². The fourth-order valence-electron chi connectivity index (χ4n) is 0.954. The van der Waals surface area contributed by atoms with Gasteiger partial charge in [0.1, 0.15) is 11.8 Å². The first kappa shape index (κ1) is 11.5. The number of rotatable bonds is 3. The number of benzene rings is 1. The van der Waals surface area contributed by atoms with Crippen molar-refractivity contribution in [2.24, 2.45) is 16.5 Å². The Morgan fingerprint density at radius 3 is 2.44 bits per heavy atom. The smallest absolute Gasteiger partial charge is 0.267 e. The highest BCUT2D eigenvalue weighted by molar-refractivity contribution is 5.93. The molecule has 4 N–H and O–H groups in total. The zero-order valence-corrected chi connectivity index (χ0v) is 8.42. The van der Waals surface area contributed by atoms with Crippen LogP contribution in [0.15, 0.2) is 46.7 Å². The van der Waals surface area contributed by atoms with Crippen molar-refractivity contribution in [2.75, 3.05) is 0 Å². The first-order valence-electron chi connectivity index (χ1n) is 4.44. The van der Waals surface area contributed by atoms with Gasteiger partial charge in [0, 0.05) is 6.21 Å². The van der Waals surface area contributed by atoms with E-state index >= 15 is 0 Å². The van der Waals surface area contributed by atoms with Crippen molar-refractivity contribution in [2.45, 2.75) is 0 Å². The average Bonchev–Trinajstić information content (AvgIpc) is 2.30. The summed E-state index contributed by atoms with van der Waals surface area (Å²) in [5.74, 6) is -0.859. The summed E-state index contributed by atoms with van der Waals surface area (Å²) in [4.78, 5) is 14.5. The number of carbonyl (C=O) groups is 1. The van der Waals surface area contributed by atoms with E-state index in [1.165, 1.54) is 6.21 Å². The van der Waals surface area contributed by atoms with Crippen LogP contribution in [0.4, 0.5) is 0 Å². The second-order valence-electron chi connectivity index (χ2n) is 2.91. The third-order valence-electron chi connectivity index (χ3n) is 1.77. The summed E-state index contributed by atoms with van der Waals surface area (Å²) < 4.78 is 0. The van der Waals surface area contributed by atoms with Crippen molar-refractivity contribution in [3.8, 4) is 6.07 Å². The van der Waals surface area contributed by atoms with E-state index in [-0.39, 0.29) is 11.4 Å². The maximum absolute atomic E-state index is 10.7. The Bertz CT molecular complexity index is 482. The van der Waals surface area contributed by atoms with Gasteiger partial charge in [-0.1, -0.05) is 30.3 Å². The fourth-order valence-corrected chi connectivity index (χ4v) is 0.954. The molecule has 1 rings (SSSR count). The summed E-state index contributed by atoms with van der Waals surface area (Å²) in [6, 6.07) is 10.8. The minimum absolute atomic E-state index is 0.184. The summed E-state index contributed by atoms with van der Waals surface area (Å²) >= 11 is 0. The van der Waals surface area contributed by atoms with Gasteiger partial charge in [-0.05, 0) is 5.56 Å². The van der Waals surface area contributed by atoms with Gasteiger partial charge in [-0.25, -0.2) is 4.99 Å². The average molecular weight is 214 g/mol. The van der Waals surface area contributed by atoms with E-state index in [9.17, 15) is 4.79 Å². The molecule has 16 heavy (non-hydrogen) atoms. The lowest BCUT2D eigenvalue weighted by Gasteiger charge is -1.95. The quantitative estimate of drug-likeness (QED) is 0.429. The van der Waals surface area contributed by atoms with Gasteiger partial charge in [0.15, 0.2) is 5.70 Å². The van der Waals surface area contributed by atoms with Crippen molar-refractivity contribution in [1.29, 1.82) is 5.26 Å². The molecule has 0 bridgehead atoms. The normalized spacial score (nSPS) is 11.9. The number of hydrogen-bond donors (Lipinski definition) is 2. The minimum atomic E-state index is -0.859. The zero-order valence-electron chi connectivity index (χ0n) is 8.42. The van der Waals surface area contributed by atoms with Crippen LogP contribution in [0.25, 0.3) is 0 Å². The van der Waals surface area contributed by atoms with Crippen molar-refractivity contribution in [3.63, 3.8) is 0 Å². The number of hydrogen-bond acceptors (Lipinski definition) is 4. The van der Waals surface area contributed by atoms with Gasteiger partial charge in [-0.3, -0.25) is 4.79 Å². The predicted octanol–water partition coefficient (Wildman–Crippen LogP) is 0.285. The number of allylic oxidation sites excluding steroid dienone is 1. The van der Waals surface area contributed by atoms with Crippen LogP contribution in [0.3, 0.4) is 0 Å². The second-order valence-corrected chi connectivity index (χ2v) is 2.91. The van der Waals surface area contributed by atoms with Crippen molar-refractivity contribution in [3.05, 3.63) is 47.3 Å². The van der Waals surface area contributed by atoms with E-state index in [1.54, 1.807) is 18.2 Å². The van der Waals surface area contributed by atoms with Crippen LogP contribution in [0.2, 0.25) is 0 Å². The molecule has 0 saturated carbocycles. The Morgan fingerprint density at radius 1 is 1.31 bits per heavy atom. The number of nitrogens with two attached hydrogens (primary N) is 2. The Kier molecular flexibility index (Phi) is 3.81. The molecule has 1 amide bonds. The number of nitrogens with zero attached hydrogens (tertiary/aromatic N) is 2. The Hall–Kier alpha value is -2.61. The molecule has 0 aliphatic rings. The molecule has 0 fully saturated rings. The van der Waals surface area contributed by atoms with E-state index in [1.807, 2.05) is 18.2 Å². The fraction of sp³-hybridized carbons (Fsp3) is 0. The van der Waals surface area contributed by atoms with E-state index in [0.29, 0.717) is 0 Å². The van der Waals surface area contributed by atoms with Crippen LogP contribution in [0.1, 0.15) is 5.56 Å². The van der Waals surface area contributed by atoms with Gasteiger partial charge in [0.25, 0.3) is 5.91 Å². The lowest BCUT2D eigenvalue weighted by atomic mass is 10.2. The van der Waals surface area contributed by atoms with Crippen LogP contribution in [0.5, 0.6) is 0 Å². The molecule has 0 radical (unpaired) electrons. The Balaban J connectivity index is 2.97. The standard InChI is InChI=1S/C11H10N4O/c12-6-9(10(13)11(14)16)15-7-8-4-2-1-3-5-8/h1-5,7H,13H2,(H2,14,16)/b10-9-,15-7?. The molecule has 0 spiro atoms. The maximum atomic E-state index is 10.7. The van der Waals surface area contributed by atoms with E-state index in [4.69, 9.17) is 16.7 Å². The molecule has 0 saturated heterocycles. The largest absolute Gasteiger partial charge is 0.392 e. The lowest BCUT2D eigenvalue weighted by molar-refractivity contribution is -0.114. The highest BCUT2D eigenvalue weighted by Crippen LogP contribution is 2.01. The van der Waals surface area contributed by atoms with Gasteiger partial charge in [-0.2, -0.15) is 5.26 Å². The summed E-state index contributed by atoms with van der Waals surface area (Å²) in [5.41, 5.74) is 10.5. The summed E-state index contributed by atoms with van der Waals surface area (Å²) in [5, 5.41) is 8.71. The molecule has 1 aromatic rings. The molecular formula is C11H10N4O. The van der Waals surface area contributed by atoms with Gasteiger partial charge in [0.2, 0.25) is 0 Å². The molecule has 80 valence electrons. The van der Waals surface area contributed by atoms with Gasteiger partial charge in [0.05, 0.1) is 0 Å². The summed E-state index contributed by atoms with van der Waals surface area (Å²) in [6.45, 7) is 0. The van der Waals surface area contributed by atoms with E-state index in [0.717, 1.165) is 5.56 Å². The zero-order chi connectivity index (χ0) is 12.0. The van der Waals surface area contributed by atoms with E-state index < -0.39 is 5.91 Å². The molecule has 1 aromatic carbocycles. The van der Waals surface area contributed by atoms with Crippen LogP contribution in [-0.4, -0.2) is 12.1 Å². The molecule has 0 atom stereocenters. The van der Waals surface area contributed by atoms with E-state index in [2.05, 4.69) is 4.99 Å². The van der Waals surface area contributed by atoms with Crippen molar-refractivity contribution < 1.29 is 4.79 Å². The highest BCUT2D eigenvalue weighted by Gasteiger charge is 2.06. The van der Waals surface area contributed by atoms with Crippen LogP contribution in [-0.2, 0) is 4.79 Å². The highest BCUT2D eigenvalue weighted by atomic mass is 16.1. The molecule has 0 aromatic heterocycles. The number of carbonyl (C=O) groups excluding carboxylic acids is 1. The molecular weight excluding hydrogens is 204 g/mol. The third kappa shape index (κ3) is 2.96. The monoisotopic (exact) mass is 214 g/mol. The number of primary amides is 1.